The van der Waals surface area contributed by atoms with Crippen LogP contribution in [0.5, 0.6) is 0 Å². The highest BCUT2D eigenvalue weighted by Crippen LogP contribution is 2.34. The number of hydrogen-bond donors (Lipinski definition) is 0. The molecule has 6 nitrogen and oxygen atoms in total. The molecule has 0 N–H and O–H groups in total. The van der Waals surface area contributed by atoms with E-state index in [1.54, 1.807) is 30.9 Å². The molecule has 0 aliphatic carbocycles. The van der Waals surface area contributed by atoms with Gasteiger partial charge in [0, 0.05) is 42.8 Å². The number of hydrogen-bond acceptors (Lipinski definition) is 4. The number of carbonyl (C=O) groups is 2. The first kappa shape index (κ1) is 27.3. The summed E-state index contributed by atoms with van der Waals surface area (Å²) in [6.07, 6.45) is -1.62. The van der Waals surface area contributed by atoms with Gasteiger partial charge in [0.2, 0.25) is 0 Å². The summed E-state index contributed by atoms with van der Waals surface area (Å²) in [4.78, 5) is 31.1. The topological polar surface area (TPSA) is 63.9 Å². The number of methoxy groups -OCH3 is 1. The van der Waals surface area contributed by atoms with Crippen molar-refractivity contribution >= 4 is 40.7 Å². The third-order valence-corrected chi connectivity index (χ3v) is 7.70. The Bertz CT molecular complexity index is 1360. The minimum Gasteiger partial charge on any atom is -0.469 e. The van der Waals surface area contributed by atoms with Gasteiger partial charge in [0.05, 0.1) is 29.0 Å². The van der Waals surface area contributed by atoms with Gasteiger partial charge in [-0.2, -0.15) is 13.2 Å². The number of carbonyl (C=O) groups excluding carboxylic acids is 2. The van der Waals surface area contributed by atoms with Gasteiger partial charge in [-0.15, -0.1) is 0 Å². The normalized spacial score (nSPS) is 14.9. The molecule has 11 heteroatoms. The Morgan fingerprint density at radius 2 is 1.84 bits per heavy atom. The molecule has 37 heavy (non-hydrogen) atoms. The zero-order valence-corrected chi connectivity index (χ0v) is 22.1. The number of likely N-dealkylation sites (tertiary alicyclic amines) is 1. The van der Waals surface area contributed by atoms with Crippen molar-refractivity contribution in [2.75, 3.05) is 20.2 Å². The number of rotatable bonds is 5. The van der Waals surface area contributed by atoms with Gasteiger partial charge in [-0.05, 0) is 61.9 Å². The van der Waals surface area contributed by atoms with Crippen molar-refractivity contribution in [3.05, 3.63) is 68.1 Å². The van der Waals surface area contributed by atoms with Crippen molar-refractivity contribution in [1.29, 1.82) is 0 Å². The van der Waals surface area contributed by atoms with Crippen LogP contribution in [0.3, 0.4) is 0 Å². The van der Waals surface area contributed by atoms with E-state index in [1.165, 1.54) is 11.5 Å². The van der Waals surface area contributed by atoms with Crippen molar-refractivity contribution < 1.29 is 27.5 Å². The van der Waals surface area contributed by atoms with Crippen LogP contribution < -0.4 is 0 Å². The lowest BCUT2D eigenvalue weighted by Gasteiger charge is -2.32. The van der Waals surface area contributed by atoms with Gasteiger partial charge in [0.1, 0.15) is 5.65 Å². The quantitative estimate of drug-likeness (QED) is 0.347. The number of nitrogens with zero attached hydrogens (tertiary/aromatic N) is 3. The lowest BCUT2D eigenvalue weighted by Crippen LogP contribution is -2.39. The predicted molar refractivity (Wildman–Crippen MR) is 134 cm³/mol. The third kappa shape index (κ3) is 5.57. The second-order valence-corrected chi connectivity index (χ2v) is 10.1. The van der Waals surface area contributed by atoms with Crippen LogP contribution >= 0.6 is 23.2 Å². The van der Waals surface area contributed by atoms with E-state index in [0.29, 0.717) is 71.1 Å². The summed E-state index contributed by atoms with van der Waals surface area (Å²) in [6.45, 7) is 4.24. The number of benzene rings is 1. The number of ether oxygens (including phenoxy) is 1. The predicted octanol–water partition coefficient (Wildman–Crippen LogP) is 6.28. The van der Waals surface area contributed by atoms with Gasteiger partial charge < -0.3 is 14.0 Å². The van der Waals surface area contributed by atoms with Crippen LogP contribution in [0.25, 0.3) is 5.65 Å². The van der Waals surface area contributed by atoms with E-state index >= 15 is 0 Å². The number of esters is 1. The summed E-state index contributed by atoms with van der Waals surface area (Å²) < 4.78 is 46.1. The van der Waals surface area contributed by atoms with Crippen LogP contribution in [-0.2, 0) is 22.1 Å². The van der Waals surface area contributed by atoms with Crippen LogP contribution in [0, 0.1) is 19.8 Å². The van der Waals surface area contributed by atoms with E-state index in [1.807, 2.05) is 0 Å². The first-order valence-corrected chi connectivity index (χ1v) is 12.5. The number of amides is 1. The average Bonchev–Trinajstić information content (AvgIpc) is 3.17. The van der Waals surface area contributed by atoms with Crippen molar-refractivity contribution in [2.45, 2.75) is 45.7 Å². The Morgan fingerprint density at radius 1 is 1.16 bits per heavy atom. The first-order chi connectivity index (χ1) is 17.4. The standard InChI is InChI=1S/C26H26Cl2F3N3O3/c1-14-10-17(26(29,30)31)13-34-15(2)21(32-24(14)34)12-19-20(27)5-4-18(23(19)28)25(36)33-8-6-16(7-9-33)11-22(35)37-3/h4-5,10,13,16H,6-9,11-12H2,1-3H3. The summed E-state index contributed by atoms with van der Waals surface area (Å²) in [5.74, 6) is -0.342. The van der Waals surface area contributed by atoms with Gasteiger partial charge in [-0.3, -0.25) is 9.59 Å². The molecule has 0 spiro atoms. The smallest absolute Gasteiger partial charge is 0.417 e. The Balaban J connectivity index is 1.59. The van der Waals surface area contributed by atoms with E-state index in [4.69, 9.17) is 27.9 Å². The van der Waals surface area contributed by atoms with E-state index in [2.05, 4.69) is 4.98 Å². The fraction of sp³-hybridized carbons (Fsp3) is 0.423. The van der Waals surface area contributed by atoms with Crippen molar-refractivity contribution in [3.8, 4) is 0 Å². The Labute approximate surface area is 222 Å². The third-order valence-electron chi connectivity index (χ3n) is 6.91. The van der Waals surface area contributed by atoms with E-state index in [9.17, 15) is 22.8 Å². The molecule has 1 aliphatic heterocycles. The van der Waals surface area contributed by atoms with Gasteiger partial charge >= 0.3 is 12.1 Å². The van der Waals surface area contributed by atoms with Gasteiger partial charge in [-0.1, -0.05) is 23.2 Å². The second-order valence-electron chi connectivity index (χ2n) is 9.33. The summed E-state index contributed by atoms with van der Waals surface area (Å²) in [6, 6.07) is 4.24. The number of halogens is 5. The fourth-order valence-electron chi connectivity index (χ4n) is 4.72. The van der Waals surface area contributed by atoms with Crippen molar-refractivity contribution in [2.24, 2.45) is 5.92 Å². The highest BCUT2D eigenvalue weighted by molar-refractivity contribution is 6.38. The molecule has 3 aromatic rings. The zero-order chi connectivity index (χ0) is 27.1. The molecule has 0 unspecified atom stereocenters. The maximum absolute atomic E-state index is 13.3. The number of aryl methyl sites for hydroxylation is 2. The zero-order valence-electron chi connectivity index (χ0n) is 20.6. The summed E-state index contributed by atoms with van der Waals surface area (Å²) >= 11 is 13.1. The molecule has 198 valence electrons. The molecule has 0 bridgehead atoms. The summed E-state index contributed by atoms with van der Waals surface area (Å²) in [5, 5.41) is 0.529. The Morgan fingerprint density at radius 3 is 2.46 bits per heavy atom. The molecule has 2 aromatic heterocycles. The lowest BCUT2D eigenvalue weighted by atomic mass is 9.93. The first-order valence-electron chi connectivity index (χ1n) is 11.8. The monoisotopic (exact) mass is 555 g/mol. The molecule has 4 rings (SSSR count). The van der Waals surface area contributed by atoms with E-state index < -0.39 is 11.7 Å². The van der Waals surface area contributed by atoms with E-state index in [0.717, 1.165) is 12.3 Å². The van der Waals surface area contributed by atoms with Crippen LogP contribution in [-0.4, -0.2) is 46.4 Å². The molecule has 0 atom stereocenters. The minimum absolute atomic E-state index is 0.147. The van der Waals surface area contributed by atoms with Crippen LogP contribution in [0.1, 0.15) is 57.7 Å². The summed E-state index contributed by atoms with van der Waals surface area (Å²) in [7, 11) is 1.36. The molecule has 1 saturated heterocycles. The van der Waals surface area contributed by atoms with Gasteiger partial charge in [0.15, 0.2) is 0 Å². The maximum Gasteiger partial charge on any atom is 0.417 e. The summed E-state index contributed by atoms with van der Waals surface area (Å²) in [5.41, 5.74) is 1.86. The minimum atomic E-state index is -4.48. The fourth-order valence-corrected chi connectivity index (χ4v) is 5.30. The second kappa shape index (κ2) is 10.5. The maximum atomic E-state index is 13.3. The lowest BCUT2D eigenvalue weighted by molar-refractivity contribution is -0.142. The Kier molecular flexibility index (Phi) is 7.76. The van der Waals surface area contributed by atoms with E-state index in [-0.39, 0.29) is 29.2 Å². The number of alkyl halides is 3. The van der Waals surface area contributed by atoms with Crippen molar-refractivity contribution in [1.82, 2.24) is 14.3 Å². The van der Waals surface area contributed by atoms with Gasteiger partial charge in [-0.25, -0.2) is 4.98 Å². The molecule has 3 heterocycles. The average molecular weight is 556 g/mol. The SMILES string of the molecule is COC(=O)CC1CCN(C(=O)c2ccc(Cl)c(Cc3nc4c(C)cc(C(F)(F)F)cn4c3C)c2Cl)CC1. The molecular formula is C26H26Cl2F3N3O3. The highest BCUT2D eigenvalue weighted by Gasteiger charge is 2.32. The largest absolute Gasteiger partial charge is 0.469 e. The number of fused-ring (bicyclic) bond motifs is 1. The van der Waals surface area contributed by atoms with Crippen LogP contribution in [0.15, 0.2) is 24.4 Å². The van der Waals surface area contributed by atoms with Gasteiger partial charge in [0.25, 0.3) is 5.91 Å². The number of aromatic nitrogens is 2. The van der Waals surface area contributed by atoms with Crippen molar-refractivity contribution in [3.63, 3.8) is 0 Å². The molecule has 1 aliphatic rings. The molecule has 0 saturated carbocycles. The molecule has 1 fully saturated rings. The highest BCUT2D eigenvalue weighted by atomic mass is 35.5. The molecular weight excluding hydrogens is 530 g/mol. The van der Waals surface area contributed by atoms with Crippen LogP contribution in [0.2, 0.25) is 10.0 Å². The Hall–Kier alpha value is -2.78. The molecule has 0 radical (unpaired) electrons. The molecule has 1 aromatic carbocycles. The number of pyridine rings is 1. The molecule has 1 amide bonds. The number of imidazole rings is 1. The number of piperidine rings is 1. The van der Waals surface area contributed by atoms with Crippen LogP contribution in [0.4, 0.5) is 13.2 Å².